The monoisotopic (exact) mass is 461 g/mol. The van der Waals surface area contributed by atoms with Crippen LogP contribution in [0.1, 0.15) is 47.8 Å². The van der Waals surface area contributed by atoms with Gasteiger partial charge in [0.05, 0.1) is 0 Å². The fraction of sp³-hybridized carbons (Fsp3) is 0.296. The van der Waals surface area contributed by atoms with E-state index < -0.39 is 5.91 Å². The van der Waals surface area contributed by atoms with Gasteiger partial charge in [0.25, 0.3) is 5.91 Å². The average molecular weight is 462 g/mol. The van der Waals surface area contributed by atoms with Crippen LogP contribution in [0.15, 0.2) is 60.7 Å². The zero-order valence-corrected chi connectivity index (χ0v) is 19.8. The molecule has 0 bridgehead atoms. The summed E-state index contributed by atoms with van der Waals surface area (Å²) in [4.78, 5) is 40.2. The summed E-state index contributed by atoms with van der Waals surface area (Å²) < 4.78 is 0. The van der Waals surface area contributed by atoms with Gasteiger partial charge in [0.15, 0.2) is 5.78 Å². The van der Waals surface area contributed by atoms with E-state index in [1.54, 1.807) is 30.6 Å². The maximum absolute atomic E-state index is 13.0. The number of ketones is 1. The van der Waals surface area contributed by atoms with E-state index in [2.05, 4.69) is 18.7 Å². The summed E-state index contributed by atoms with van der Waals surface area (Å²) in [6.45, 7) is 7.92. The van der Waals surface area contributed by atoms with Gasteiger partial charge in [-0.15, -0.1) is 0 Å². The van der Waals surface area contributed by atoms with E-state index in [1.807, 2.05) is 53.4 Å². The minimum atomic E-state index is -0.599. The predicted octanol–water partition coefficient (Wildman–Crippen LogP) is 3.54. The Kier molecular flexibility index (Phi) is 8.51. The Hall–Kier alpha value is -3.55. The van der Waals surface area contributed by atoms with Crippen molar-refractivity contribution in [2.45, 2.75) is 39.4 Å². The van der Waals surface area contributed by atoms with Gasteiger partial charge in [-0.05, 0) is 42.7 Å². The number of hydrogen-bond donors (Lipinski definition) is 2. The number of hydroxylamine groups is 1. The number of nitrogens with zero attached hydrogens (tertiary/aromatic N) is 2. The van der Waals surface area contributed by atoms with Crippen molar-refractivity contribution in [2.24, 2.45) is 0 Å². The summed E-state index contributed by atoms with van der Waals surface area (Å²) in [5.41, 5.74) is 4.84. The highest BCUT2D eigenvalue weighted by atomic mass is 16.5. The van der Waals surface area contributed by atoms with E-state index in [0.717, 1.165) is 29.8 Å². The fourth-order valence-electron chi connectivity index (χ4n) is 4.51. The molecule has 0 saturated carbocycles. The quantitative estimate of drug-likeness (QED) is 0.285. The zero-order chi connectivity index (χ0) is 24.7. The first-order valence-electron chi connectivity index (χ1n) is 11.3. The van der Waals surface area contributed by atoms with Crippen molar-refractivity contribution in [1.82, 2.24) is 15.3 Å². The number of carbonyl (C=O) groups is 3. The van der Waals surface area contributed by atoms with Gasteiger partial charge in [0.2, 0.25) is 5.91 Å². The molecule has 2 atom stereocenters. The first-order chi connectivity index (χ1) is 16.3. The van der Waals surface area contributed by atoms with Gasteiger partial charge in [-0.25, -0.2) is 5.48 Å². The maximum Gasteiger partial charge on any atom is 0.267 e. The van der Waals surface area contributed by atoms with Gasteiger partial charge in [-0.1, -0.05) is 54.6 Å². The normalized spacial score (nSPS) is 19.0. The second kappa shape index (κ2) is 11.5. The number of benzene rings is 2. The summed E-state index contributed by atoms with van der Waals surface area (Å²) in [7, 11) is 0. The van der Waals surface area contributed by atoms with E-state index in [0.29, 0.717) is 12.1 Å². The molecule has 178 valence electrons. The Morgan fingerprint density at radius 1 is 0.941 bits per heavy atom. The van der Waals surface area contributed by atoms with Gasteiger partial charge in [-0.2, -0.15) is 0 Å². The molecule has 0 spiro atoms. The Balaban J connectivity index is 1.68. The third kappa shape index (κ3) is 6.50. The van der Waals surface area contributed by atoms with E-state index in [4.69, 9.17) is 5.21 Å². The fourth-order valence-corrected chi connectivity index (χ4v) is 4.51. The molecule has 1 heterocycles. The van der Waals surface area contributed by atoms with Crippen molar-refractivity contribution < 1.29 is 19.6 Å². The molecular formula is C27H31N3O4. The number of rotatable bonds is 7. The molecule has 2 aromatic carbocycles. The molecule has 1 aliphatic rings. The third-order valence-electron chi connectivity index (χ3n) is 5.94. The van der Waals surface area contributed by atoms with Crippen molar-refractivity contribution in [3.63, 3.8) is 0 Å². The second-order valence-electron chi connectivity index (χ2n) is 8.65. The lowest BCUT2D eigenvalue weighted by atomic mass is 10.0. The van der Waals surface area contributed by atoms with Crippen LogP contribution in [0.2, 0.25) is 0 Å². The van der Waals surface area contributed by atoms with Crippen molar-refractivity contribution in [3.05, 3.63) is 82.9 Å². The minimum Gasteiger partial charge on any atom is -0.335 e. The zero-order valence-electron chi connectivity index (χ0n) is 19.8. The topological polar surface area (TPSA) is 90.0 Å². The predicted molar refractivity (Wildman–Crippen MR) is 132 cm³/mol. The molecule has 3 rings (SSSR count). The first-order valence-corrected chi connectivity index (χ1v) is 11.3. The molecule has 2 N–H and O–H groups in total. The van der Waals surface area contributed by atoms with Crippen LogP contribution in [-0.2, 0) is 16.1 Å². The van der Waals surface area contributed by atoms with Crippen LogP contribution in [0.25, 0.3) is 12.2 Å². The van der Waals surface area contributed by atoms with Crippen LogP contribution >= 0.6 is 0 Å². The van der Waals surface area contributed by atoms with Gasteiger partial charge < -0.3 is 4.90 Å². The van der Waals surface area contributed by atoms with Crippen LogP contribution in [0.5, 0.6) is 0 Å². The van der Waals surface area contributed by atoms with Gasteiger partial charge in [0.1, 0.15) is 0 Å². The molecule has 0 aromatic heterocycles. The number of amides is 2. The van der Waals surface area contributed by atoms with Crippen molar-refractivity contribution in [2.75, 3.05) is 13.1 Å². The lowest BCUT2D eigenvalue weighted by Gasteiger charge is -2.44. The summed E-state index contributed by atoms with van der Waals surface area (Å²) in [5.74, 6) is -0.569. The SMILES string of the molecule is CC(=O)N1[C@H](C)CN(Cc2ccccc2C(=O)/C=C/c2ccc(/C=C/C(=O)NO)cc2)C[C@@H]1C. The number of piperazine rings is 1. The van der Waals surface area contributed by atoms with Crippen LogP contribution in [-0.4, -0.2) is 57.8 Å². The molecule has 2 aromatic rings. The molecule has 34 heavy (non-hydrogen) atoms. The largest absolute Gasteiger partial charge is 0.335 e. The number of hydrogen-bond acceptors (Lipinski definition) is 5. The van der Waals surface area contributed by atoms with Crippen molar-refractivity contribution >= 4 is 29.7 Å². The van der Waals surface area contributed by atoms with Crippen LogP contribution in [0.4, 0.5) is 0 Å². The summed E-state index contributed by atoms with van der Waals surface area (Å²) >= 11 is 0. The summed E-state index contributed by atoms with van der Waals surface area (Å²) in [6.07, 6.45) is 6.15. The molecule has 7 heteroatoms. The van der Waals surface area contributed by atoms with Gasteiger partial charge in [-0.3, -0.25) is 24.5 Å². The summed E-state index contributed by atoms with van der Waals surface area (Å²) in [5, 5.41) is 8.53. The lowest BCUT2D eigenvalue weighted by molar-refractivity contribution is -0.136. The van der Waals surface area contributed by atoms with E-state index >= 15 is 0 Å². The van der Waals surface area contributed by atoms with E-state index in [1.165, 1.54) is 6.08 Å². The minimum absolute atomic E-state index is 0.0670. The first kappa shape index (κ1) is 25.1. The van der Waals surface area contributed by atoms with E-state index in [9.17, 15) is 14.4 Å². The molecule has 1 fully saturated rings. The highest BCUT2D eigenvalue weighted by Crippen LogP contribution is 2.20. The molecule has 2 amide bonds. The molecule has 0 unspecified atom stereocenters. The van der Waals surface area contributed by atoms with Crippen molar-refractivity contribution in [1.29, 1.82) is 0 Å². The highest BCUT2D eigenvalue weighted by Gasteiger charge is 2.31. The van der Waals surface area contributed by atoms with Gasteiger partial charge >= 0.3 is 0 Å². The molecule has 1 saturated heterocycles. The van der Waals surface area contributed by atoms with Crippen LogP contribution < -0.4 is 5.48 Å². The molecular weight excluding hydrogens is 430 g/mol. The highest BCUT2D eigenvalue weighted by molar-refractivity contribution is 6.07. The molecule has 1 aliphatic heterocycles. The van der Waals surface area contributed by atoms with E-state index in [-0.39, 0.29) is 23.8 Å². The maximum atomic E-state index is 13.0. The standard InChI is InChI=1S/C27H31N3O4/c1-19-16-29(17-20(2)30(19)21(3)31)18-24-6-4-5-7-25(24)26(32)14-12-22-8-10-23(11-9-22)13-15-27(33)28-34/h4-15,19-20,34H,16-18H2,1-3H3,(H,28,33)/b14-12+,15-13+/t19-,20+. The van der Waals surface area contributed by atoms with Crippen molar-refractivity contribution in [3.8, 4) is 0 Å². The average Bonchev–Trinajstić information content (AvgIpc) is 2.81. The third-order valence-corrected chi connectivity index (χ3v) is 5.94. The number of allylic oxidation sites excluding steroid dienone is 1. The Labute approximate surface area is 200 Å². The Bertz CT molecular complexity index is 1080. The Morgan fingerprint density at radius 2 is 1.50 bits per heavy atom. The molecule has 7 nitrogen and oxygen atoms in total. The van der Waals surface area contributed by atoms with Crippen LogP contribution in [0, 0.1) is 0 Å². The lowest BCUT2D eigenvalue weighted by Crippen LogP contribution is -2.57. The molecule has 0 radical (unpaired) electrons. The van der Waals surface area contributed by atoms with Crippen LogP contribution in [0.3, 0.4) is 0 Å². The summed E-state index contributed by atoms with van der Waals surface area (Å²) in [6, 6.07) is 15.2. The molecule has 0 aliphatic carbocycles. The second-order valence-corrected chi connectivity index (χ2v) is 8.65. The smallest absolute Gasteiger partial charge is 0.267 e. The number of carbonyl (C=O) groups excluding carboxylic acids is 3. The van der Waals surface area contributed by atoms with Gasteiger partial charge in [0, 0.05) is 50.3 Å². The number of nitrogens with one attached hydrogen (secondary N) is 1. The Morgan fingerprint density at radius 3 is 2.06 bits per heavy atom.